The third-order valence-corrected chi connectivity index (χ3v) is 5.79. The van der Waals surface area contributed by atoms with Gasteiger partial charge in [0.25, 0.3) is 5.91 Å². The minimum absolute atomic E-state index is 0.0495. The highest BCUT2D eigenvalue weighted by Gasteiger charge is 2.30. The fraction of sp³-hybridized carbons (Fsp3) is 0.174. The van der Waals surface area contributed by atoms with Gasteiger partial charge in [-0.1, -0.05) is 36.0 Å². The maximum atomic E-state index is 13.1. The highest BCUT2D eigenvalue weighted by Crippen LogP contribution is 2.32. The summed E-state index contributed by atoms with van der Waals surface area (Å²) in [5.41, 5.74) is 0.465. The van der Waals surface area contributed by atoms with Gasteiger partial charge in [-0.3, -0.25) is 9.36 Å². The number of aromatic nitrogens is 3. The molecule has 4 aromatic rings. The van der Waals surface area contributed by atoms with E-state index in [1.165, 1.54) is 24.1 Å². The van der Waals surface area contributed by atoms with Gasteiger partial charge in [0, 0.05) is 11.8 Å². The van der Waals surface area contributed by atoms with Crippen molar-refractivity contribution in [3.8, 4) is 11.4 Å². The van der Waals surface area contributed by atoms with Crippen molar-refractivity contribution in [2.75, 3.05) is 7.11 Å². The van der Waals surface area contributed by atoms with E-state index in [1.54, 1.807) is 48.1 Å². The smallest absolute Gasteiger partial charge is 0.416 e. The predicted octanol–water partition coefficient (Wildman–Crippen LogP) is 5.11. The van der Waals surface area contributed by atoms with Crippen LogP contribution in [0.15, 0.2) is 76.5 Å². The molecule has 0 fully saturated rings. The first-order valence-corrected chi connectivity index (χ1v) is 11.0. The fourth-order valence-corrected chi connectivity index (χ4v) is 4.07. The molecule has 4 rings (SSSR count). The molecule has 2 aromatic heterocycles. The SMILES string of the molecule is COc1cccc(-n2c(CNC(=O)c3ccco3)nnc2SCc2cccc(C(F)(F)F)c2)c1. The Morgan fingerprint density at radius 2 is 1.94 bits per heavy atom. The zero-order valence-corrected chi connectivity index (χ0v) is 18.7. The minimum atomic E-state index is -4.42. The van der Waals surface area contributed by atoms with Crippen LogP contribution in [0.1, 0.15) is 27.5 Å². The number of halogens is 3. The first kappa shape index (κ1) is 23.4. The summed E-state index contributed by atoms with van der Waals surface area (Å²) in [7, 11) is 1.54. The molecule has 0 aliphatic rings. The van der Waals surface area contributed by atoms with Gasteiger partial charge in [0.2, 0.25) is 0 Å². The Morgan fingerprint density at radius 1 is 1.12 bits per heavy atom. The molecule has 1 N–H and O–H groups in total. The summed E-state index contributed by atoms with van der Waals surface area (Å²) >= 11 is 1.23. The van der Waals surface area contributed by atoms with E-state index in [1.807, 2.05) is 6.07 Å². The Morgan fingerprint density at radius 3 is 2.68 bits per heavy atom. The van der Waals surface area contributed by atoms with Gasteiger partial charge in [0.05, 0.1) is 31.2 Å². The molecular weight excluding hydrogens is 469 g/mol. The van der Waals surface area contributed by atoms with Crippen LogP contribution in [0.2, 0.25) is 0 Å². The molecule has 0 aliphatic carbocycles. The summed E-state index contributed by atoms with van der Waals surface area (Å²) < 4.78 is 51.3. The van der Waals surface area contributed by atoms with E-state index in [0.717, 1.165) is 12.1 Å². The number of ether oxygens (including phenoxy) is 1. The van der Waals surface area contributed by atoms with Crippen LogP contribution in [0.25, 0.3) is 5.69 Å². The lowest BCUT2D eigenvalue weighted by atomic mass is 10.1. The van der Waals surface area contributed by atoms with Crippen molar-refractivity contribution >= 4 is 17.7 Å². The second kappa shape index (κ2) is 10.0. The molecule has 7 nitrogen and oxygen atoms in total. The highest BCUT2D eigenvalue weighted by atomic mass is 32.2. The lowest BCUT2D eigenvalue weighted by Gasteiger charge is -2.12. The van der Waals surface area contributed by atoms with Crippen LogP contribution >= 0.6 is 11.8 Å². The normalized spacial score (nSPS) is 11.4. The average Bonchev–Trinajstić information content (AvgIpc) is 3.51. The molecule has 1 amide bonds. The number of carbonyl (C=O) groups excluding carboxylic acids is 1. The highest BCUT2D eigenvalue weighted by molar-refractivity contribution is 7.98. The Labute approximate surface area is 196 Å². The van der Waals surface area contributed by atoms with Crippen molar-refractivity contribution < 1.29 is 27.1 Å². The Hall–Kier alpha value is -3.73. The third kappa shape index (κ3) is 5.42. The Kier molecular flexibility index (Phi) is 6.92. The monoisotopic (exact) mass is 488 g/mol. The number of hydrogen-bond donors (Lipinski definition) is 1. The van der Waals surface area contributed by atoms with Gasteiger partial charge in [-0.05, 0) is 35.9 Å². The van der Waals surface area contributed by atoms with Crippen LogP contribution in [0.3, 0.4) is 0 Å². The van der Waals surface area contributed by atoms with Gasteiger partial charge < -0.3 is 14.5 Å². The zero-order chi connectivity index (χ0) is 24.1. The number of rotatable bonds is 8. The molecule has 0 spiro atoms. The zero-order valence-electron chi connectivity index (χ0n) is 17.9. The summed E-state index contributed by atoms with van der Waals surface area (Å²) in [6.07, 6.45) is -3.02. The van der Waals surface area contributed by atoms with Crippen molar-refractivity contribution in [3.63, 3.8) is 0 Å². The number of benzene rings is 2. The average molecular weight is 488 g/mol. The van der Waals surface area contributed by atoms with Crippen LogP contribution < -0.4 is 10.1 Å². The molecule has 0 bridgehead atoms. The molecule has 0 radical (unpaired) electrons. The van der Waals surface area contributed by atoms with E-state index in [0.29, 0.717) is 28.0 Å². The van der Waals surface area contributed by atoms with Gasteiger partial charge >= 0.3 is 6.18 Å². The van der Waals surface area contributed by atoms with Crippen LogP contribution in [0, 0.1) is 0 Å². The van der Waals surface area contributed by atoms with E-state index in [-0.39, 0.29) is 18.1 Å². The largest absolute Gasteiger partial charge is 0.497 e. The van der Waals surface area contributed by atoms with Crippen molar-refractivity contribution in [1.82, 2.24) is 20.1 Å². The van der Waals surface area contributed by atoms with E-state index in [9.17, 15) is 18.0 Å². The van der Waals surface area contributed by atoms with Crippen molar-refractivity contribution in [3.05, 3.63) is 89.6 Å². The van der Waals surface area contributed by atoms with Gasteiger partial charge in [-0.15, -0.1) is 10.2 Å². The molecule has 34 heavy (non-hydrogen) atoms. The standard InChI is InChI=1S/C23H19F3N4O3S/c1-32-18-8-3-7-17(12-18)30-20(13-27-21(31)19-9-4-10-33-19)28-29-22(30)34-14-15-5-2-6-16(11-15)23(24,25)26/h2-12H,13-14H2,1H3,(H,27,31). The molecular formula is C23H19F3N4O3S. The molecule has 0 saturated carbocycles. The molecule has 176 valence electrons. The number of carbonyl (C=O) groups is 1. The molecule has 0 atom stereocenters. The van der Waals surface area contributed by atoms with Crippen molar-refractivity contribution in [2.24, 2.45) is 0 Å². The summed E-state index contributed by atoms with van der Waals surface area (Å²) in [4.78, 5) is 12.3. The van der Waals surface area contributed by atoms with E-state index in [4.69, 9.17) is 9.15 Å². The summed E-state index contributed by atoms with van der Waals surface area (Å²) in [5.74, 6) is 1.02. The van der Waals surface area contributed by atoms with Crippen molar-refractivity contribution in [1.29, 1.82) is 0 Å². The lowest BCUT2D eigenvalue weighted by molar-refractivity contribution is -0.137. The maximum Gasteiger partial charge on any atom is 0.416 e. The van der Waals surface area contributed by atoms with E-state index in [2.05, 4.69) is 15.5 Å². The Balaban J connectivity index is 1.59. The first-order valence-electron chi connectivity index (χ1n) is 10.0. The Bertz CT molecular complexity index is 1270. The number of methoxy groups -OCH3 is 1. The number of nitrogens with zero attached hydrogens (tertiary/aromatic N) is 3. The van der Waals surface area contributed by atoms with Crippen LogP contribution in [0.5, 0.6) is 5.75 Å². The number of hydrogen-bond acceptors (Lipinski definition) is 6. The minimum Gasteiger partial charge on any atom is -0.497 e. The number of amides is 1. The third-order valence-electron chi connectivity index (χ3n) is 4.79. The molecule has 2 heterocycles. The molecule has 0 unspecified atom stereocenters. The van der Waals surface area contributed by atoms with E-state index >= 15 is 0 Å². The van der Waals surface area contributed by atoms with Gasteiger partial charge in [0.1, 0.15) is 5.75 Å². The number of thioether (sulfide) groups is 1. The van der Waals surface area contributed by atoms with Crippen molar-refractivity contribution in [2.45, 2.75) is 23.6 Å². The topological polar surface area (TPSA) is 82.2 Å². The molecule has 0 saturated heterocycles. The quantitative estimate of drug-likeness (QED) is 0.347. The van der Waals surface area contributed by atoms with Gasteiger partial charge in [-0.2, -0.15) is 13.2 Å². The number of alkyl halides is 3. The molecule has 0 aliphatic heterocycles. The van der Waals surface area contributed by atoms with Gasteiger partial charge in [0.15, 0.2) is 16.7 Å². The van der Waals surface area contributed by atoms with Crippen LogP contribution in [0.4, 0.5) is 13.2 Å². The number of nitrogens with one attached hydrogen (secondary N) is 1. The lowest BCUT2D eigenvalue weighted by Crippen LogP contribution is -2.24. The number of furan rings is 1. The second-order valence-electron chi connectivity index (χ2n) is 7.08. The summed E-state index contributed by atoms with van der Waals surface area (Å²) in [6, 6.07) is 15.5. The summed E-state index contributed by atoms with van der Waals surface area (Å²) in [5, 5.41) is 11.6. The predicted molar refractivity (Wildman–Crippen MR) is 119 cm³/mol. The second-order valence-corrected chi connectivity index (χ2v) is 8.02. The summed E-state index contributed by atoms with van der Waals surface area (Å²) in [6.45, 7) is 0.0495. The van der Waals surface area contributed by atoms with E-state index < -0.39 is 17.6 Å². The molecule has 2 aromatic carbocycles. The molecule has 11 heteroatoms. The maximum absolute atomic E-state index is 13.1. The fourth-order valence-electron chi connectivity index (χ4n) is 3.16. The van der Waals surface area contributed by atoms with Gasteiger partial charge in [-0.25, -0.2) is 0 Å². The first-order chi connectivity index (χ1) is 16.3. The van der Waals surface area contributed by atoms with Crippen LogP contribution in [-0.4, -0.2) is 27.8 Å². The van der Waals surface area contributed by atoms with Crippen LogP contribution in [-0.2, 0) is 18.5 Å².